The maximum Gasteiger partial charge on any atom is 0.336 e. The second-order valence-corrected chi connectivity index (χ2v) is 6.99. The largest absolute Gasteiger partial charge is 0.426 e. The summed E-state index contributed by atoms with van der Waals surface area (Å²) in [5.41, 5.74) is 2.74. The Morgan fingerprint density at radius 3 is 2.56 bits per heavy atom. The number of carbonyl (C=O) groups excluding carboxylic acids is 1. The highest BCUT2D eigenvalue weighted by Crippen LogP contribution is 2.43. The molecule has 0 aliphatic carbocycles. The van der Waals surface area contributed by atoms with E-state index in [2.05, 4.69) is 0 Å². The molecule has 2 heterocycles. The SMILES string of the molecule is CSc1ccc([C@H]2CC(=O)Oc3ccc4c(C)cc(=O)oc4c32)cc1. The molecule has 25 heavy (non-hydrogen) atoms. The summed E-state index contributed by atoms with van der Waals surface area (Å²) in [6.45, 7) is 1.88. The molecule has 1 aliphatic rings. The third-order valence-corrected chi connectivity index (χ3v) is 5.32. The van der Waals surface area contributed by atoms with Crippen molar-refractivity contribution in [3.8, 4) is 5.75 Å². The van der Waals surface area contributed by atoms with Gasteiger partial charge in [0.2, 0.25) is 0 Å². The van der Waals surface area contributed by atoms with Crippen molar-refractivity contribution < 1.29 is 13.9 Å². The van der Waals surface area contributed by atoms with Crippen molar-refractivity contribution in [3.05, 3.63) is 69.6 Å². The van der Waals surface area contributed by atoms with Gasteiger partial charge in [-0.25, -0.2) is 4.79 Å². The maximum atomic E-state index is 12.1. The Morgan fingerprint density at radius 2 is 1.84 bits per heavy atom. The van der Waals surface area contributed by atoms with Crippen LogP contribution in [0, 0.1) is 6.92 Å². The number of benzene rings is 2. The van der Waals surface area contributed by atoms with Crippen molar-refractivity contribution in [3.63, 3.8) is 0 Å². The molecule has 0 amide bonds. The number of hydrogen-bond acceptors (Lipinski definition) is 5. The van der Waals surface area contributed by atoms with Gasteiger partial charge in [-0.1, -0.05) is 12.1 Å². The van der Waals surface area contributed by atoms with Gasteiger partial charge in [0.1, 0.15) is 11.3 Å². The van der Waals surface area contributed by atoms with Crippen LogP contribution in [0.3, 0.4) is 0 Å². The maximum absolute atomic E-state index is 12.1. The van der Waals surface area contributed by atoms with Crippen molar-refractivity contribution in [2.45, 2.75) is 24.2 Å². The van der Waals surface area contributed by atoms with Gasteiger partial charge >= 0.3 is 11.6 Å². The Balaban J connectivity index is 1.98. The van der Waals surface area contributed by atoms with Crippen LogP contribution < -0.4 is 10.4 Å². The summed E-state index contributed by atoms with van der Waals surface area (Å²) in [5, 5.41) is 0.863. The molecule has 4 nitrogen and oxygen atoms in total. The van der Waals surface area contributed by atoms with Crippen LogP contribution in [0.1, 0.15) is 29.0 Å². The van der Waals surface area contributed by atoms with E-state index in [1.54, 1.807) is 17.8 Å². The summed E-state index contributed by atoms with van der Waals surface area (Å²) < 4.78 is 10.9. The van der Waals surface area contributed by atoms with Crippen LogP contribution in [-0.4, -0.2) is 12.2 Å². The van der Waals surface area contributed by atoms with Crippen molar-refractivity contribution in [1.82, 2.24) is 0 Å². The molecule has 1 aliphatic heterocycles. The fraction of sp³-hybridized carbons (Fsp3) is 0.200. The van der Waals surface area contributed by atoms with Crippen LogP contribution in [0.25, 0.3) is 11.0 Å². The van der Waals surface area contributed by atoms with Gasteiger partial charge in [-0.3, -0.25) is 4.79 Å². The minimum atomic E-state index is -0.396. The quantitative estimate of drug-likeness (QED) is 0.298. The van der Waals surface area contributed by atoms with E-state index in [1.165, 1.54) is 6.07 Å². The van der Waals surface area contributed by atoms with Gasteiger partial charge in [-0.05, 0) is 48.6 Å². The summed E-state index contributed by atoms with van der Waals surface area (Å²) in [6, 6.07) is 13.2. The summed E-state index contributed by atoms with van der Waals surface area (Å²) in [5.74, 6) is -0.00181. The number of aryl methyl sites for hydroxylation is 1. The molecule has 5 heteroatoms. The van der Waals surface area contributed by atoms with E-state index in [4.69, 9.17) is 9.15 Å². The Kier molecular flexibility index (Phi) is 3.88. The van der Waals surface area contributed by atoms with Crippen LogP contribution in [0.5, 0.6) is 5.75 Å². The fourth-order valence-electron chi connectivity index (χ4n) is 3.36. The molecule has 0 spiro atoms. The smallest absolute Gasteiger partial charge is 0.336 e. The first kappa shape index (κ1) is 16.0. The first-order valence-corrected chi connectivity index (χ1v) is 9.21. The van der Waals surface area contributed by atoms with E-state index in [9.17, 15) is 9.59 Å². The third kappa shape index (κ3) is 2.74. The van der Waals surface area contributed by atoms with E-state index in [1.807, 2.05) is 43.5 Å². The Hall–Kier alpha value is -2.53. The predicted octanol–water partition coefficient (Wildman–Crippen LogP) is 4.26. The van der Waals surface area contributed by atoms with E-state index >= 15 is 0 Å². The standard InChI is InChI=1S/C20H16O4S/c1-11-9-17(21)24-20-14(11)7-8-16-19(20)15(10-18(22)23-16)12-3-5-13(25-2)6-4-12/h3-9,15H,10H2,1-2H3/t15-/m1/s1. The van der Waals surface area contributed by atoms with Crippen molar-refractivity contribution >= 4 is 28.7 Å². The third-order valence-electron chi connectivity index (χ3n) is 4.58. The minimum absolute atomic E-state index is 0.194. The molecule has 0 saturated carbocycles. The monoisotopic (exact) mass is 352 g/mol. The molecule has 3 aromatic rings. The van der Waals surface area contributed by atoms with Gasteiger partial charge in [0.25, 0.3) is 0 Å². The molecule has 1 aromatic heterocycles. The highest BCUT2D eigenvalue weighted by molar-refractivity contribution is 7.98. The second-order valence-electron chi connectivity index (χ2n) is 6.11. The molecule has 0 unspecified atom stereocenters. The molecule has 2 aromatic carbocycles. The lowest BCUT2D eigenvalue weighted by molar-refractivity contribution is -0.135. The molecular formula is C20H16O4S. The van der Waals surface area contributed by atoms with Gasteiger partial charge < -0.3 is 9.15 Å². The minimum Gasteiger partial charge on any atom is -0.426 e. The number of rotatable bonds is 2. The molecule has 4 rings (SSSR count). The zero-order chi connectivity index (χ0) is 17.6. The predicted molar refractivity (Wildman–Crippen MR) is 97.5 cm³/mol. The lowest BCUT2D eigenvalue weighted by Gasteiger charge is -2.25. The Morgan fingerprint density at radius 1 is 1.08 bits per heavy atom. The first-order valence-electron chi connectivity index (χ1n) is 7.99. The normalized spacial score (nSPS) is 16.6. The molecule has 0 saturated heterocycles. The first-order chi connectivity index (χ1) is 12.1. The average Bonchev–Trinajstić information content (AvgIpc) is 2.60. The van der Waals surface area contributed by atoms with Crippen LogP contribution in [0.15, 0.2) is 56.6 Å². The fourth-order valence-corrected chi connectivity index (χ4v) is 3.77. The van der Waals surface area contributed by atoms with Crippen molar-refractivity contribution in [1.29, 1.82) is 0 Å². The number of carbonyl (C=O) groups is 1. The number of hydrogen-bond donors (Lipinski definition) is 0. The molecule has 1 atom stereocenters. The highest BCUT2D eigenvalue weighted by atomic mass is 32.2. The molecule has 0 radical (unpaired) electrons. The summed E-state index contributed by atoms with van der Waals surface area (Å²) >= 11 is 1.67. The molecule has 0 N–H and O–H groups in total. The van der Waals surface area contributed by atoms with Crippen LogP contribution in [0.4, 0.5) is 0 Å². The van der Waals surface area contributed by atoms with Gasteiger partial charge in [0, 0.05) is 27.8 Å². The Labute approximate surface area is 148 Å². The Bertz CT molecular complexity index is 1030. The van der Waals surface area contributed by atoms with E-state index in [0.717, 1.165) is 27.0 Å². The van der Waals surface area contributed by atoms with Crippen LogP contribution in [-0.2, 0) is 4.79 Å². The van der Waals surface area contributed by atoms with Gasteiger partial charge in [-0.15, -0.1) is 11.8 Å². The topological polar surface area (TPSA) is 56.5 Å². The highest BCUT2D eigenvalue weighted by Gasteiger charge is 2.31. The molecule has 0 bridgehead atoms. The van der Waals surface area contributed by atoms with Crippen molar-refractivity contribution in [2.24, 2.45) is 0 Å². The number of thioether (sulfide) groups is 1. The lowest BCUT2D eigenvalue weighted by atomic mass is 9.85. The van der Waals surface area contributed by atoms with E-state index in [0.29, 0.717) is 11.3 Å². The molecule has 126 valence electrons. The number of esters is 1. The molecular weight excluding hydrogens is 336 g/mol. The lowest BCUT2D eigenvalue weighted by Crippen LogP contribution is -2.21. The van der Waals surface area contributed by atoms with Crippen LogP contribution in [0.2, 0.25) is 0 Å². The zero-order valence-electron chi connectivity index (χ0n) is 13.9. The van der Waals surface area contributed by atoms with Crippen LogP contribution >= 0.6 is 11.8 Å². The van der Waals surface area contributed by atoms with Crippen molar-refractivity contribution in [2.75, 3.05) is 6.26 Å². The summed E-state index contributed by atoms with van der Waals surface area (Å²) in [4.78, 5) is 25.1. The number of ether oxygens (including phenoxy) is 1. The van der Waals surface area contributed by atoms with Gasteiger partial charge in [0.15, 0.2) is 0 Å². The molecule has 0 fully saturated rings. The zero-order valence-corrected chi connectivity index (χ0v) is 14.7. The summed E-state index contributed by atoms with van der Waals surface area (Å²) in [7, 11) is 0. The second kappa shape index (κ2) is 6.08. The van der Waals surface area contributed by atoms with Gasteiger partial charge in [-0.2, -0.15) is 0 Å². The average molecular weight is 352 g/mol. The van der Waals surface area contributed by atoms with E-state index in [-0.39, 0.29) is 18.3 Å². The van der Waals surface area contributed by atoms with Gasteiger partial charge in [0.05, 0.1) is 6.42 Å². The van der Waals surface area contributed by atoms with E-state index < -0.39 is 5.63 Å². The summed E-state index contributed by atoms with van der Waals surface area (Å²) in [6.07, 6.45) is 2.25. The number of fused-ring (bicyclic) bond motifs is 3.